The largest absolute Gasteiger partial charge is 0.418 e. The van der Waals surface area contributed by atoms with Crippen molar-refractivity contribution < 1.29 is 22.3 Å². The second-order valence-corrected chi connectivity index (χ2v) is 2.26. The van der Waals surface area contributed by atoms with Gasteiger partial charge in [0.05, 0.1) is 0 Å². The molecule has 0 aliphatic heterocycles. The highest BCUT2D eigenvalue weighted by Crippen LogP contribution is 2.27. The first-order valence-electron chi connectivity index (χ1n) is 1.98. The highest BCUT2D eigenvalue weighted by atomic mass is 35.5. The van der Waals surface area contributed by atoms with Crippen molar-refractivity contribution in [2.45, 2.75) is 17.6 Å². The van der Waals surface area contributed by atoms with Gasteiger partial charge in [0.2, 0.25) is 5.02 Å². The lowest BCUT2D eigenvalue weighted by Crippen LogP contribution is -2.31. The first kappa shape index (κ1) is 10.3. The standard InChI is InChI=1S/C3H2Cl2F4O/c4-2(5)10-3(8,9)1(6)7/h1-2H. The monoisotopic (exact) mass is 200 g/mol. The fraction of sp³-hybridized carbons (Fsp3) is 1.00. The van der Waals surface area contributed by atoms with E-state index in [-0.39, 0.29) is 0 Å². The van der Waals surface area contributed by atoms with Crippen LogP contribution in [0.5, 0.6) is 0 Å². The molecule has 0 heterocycles. The van der Waals surface area contributed by atoms with E-state index in [1.807, 2.05) is 0 Å². The molecule has 0 rings (SSSR count). The summed E-state index contributed by atoms with van der Waals surface area (Å²) in [7, 11) is 0. The molecule has 0 saturated carbocycles. The van der Waals surface area contributed by atoms with E-state index in [1.54, 1.807) is 0 Å². The highest BCUT2D eigenvalue weighted by molar-refractivity contribution is 6.43. The molecule has 7 heteroatoms. The molecule has 0 radical (unpaired) electrons. The van der Waals surface area contributed by atoms with Crippen LogP contribution in [0, 0.1) is 0 Å². The molecule has 0 aromatic carbocycles. The van der Waals surface area contributed by atoms with Crippen LogP contribution < -0.4 is 0 Å². The number of halogens is 6. The van der Waals surface area contributed by atoms with Crippen LogP contribution in [0.1, 0.15) is 0 Å². The Balaban J connectivity index is 3.87. The third kappa shape index (κ3) is 3.43. The summed E-state index contributed by atoms with van der Waals surface area (Å²) in [6, 6.07) is 0. The fourth-order valence-corrected chi connectivity index (χ4v) is 0.408. The van der Waals surface area contributed by atoms with E-state index in [9.17, 15) is 17.6 Å². The Bertz CT molecular complexity index is 107. The second-order valence-electron chi connectivity index (χ2n) is 1.24. The summed E-state index contributed by atoms with van der Waals surface area (Å²) in [6.45, 7) is 0. The maximum Gasteiger partial charge on any atom is 0.418 e. The molecule has 10 heavy (non-hydrogen) atoms. The maximum absolute atomic E-state index is 11.7. The molecule has 0 fully saturated rings. The summed E-state index contributed by atoms with van der Waals surface area (Å²) in [5, 5.41) is -1.95. The van der Waals surface area contributed by atoms with Gasteiger partial charge in [0.1, 0.15) is 0 Å². The maximum atomic E-state index is 11.7. The van der Waals surface area contributed by atoms with Gasteiger partial charge in [-0.25, -0.2) is 8.78 Å². The molecule has 0 atom stereocenters. The molecular formula is C3H2Cl2F4O. The fourth-order valence-electron chi connectivity index (χ4n) is 0.170. The highest BCUT2D eigenvalue weighted by Gasteiger charge is 2.43. The quantitative estimate of drug-likeness (QED) is 0.503. The van der Waals surface area contributed by atoms with E-state index in [1.165, 1.54) is 0 Å². The lowest BCUT2D eigenvalue weighted by atomic mass is 10.7. The van der Waals surface area contributed by atoms with Gasteiger partial charge in [-0.15, -0.1) is 0 Å². The number of ether oxygens (including phenoxy) is 1. The molecule has 0 amide bonds. The minimum absolute atomic E-state index is 1.95. The zero-order valence-corrected chi connectivity index (χ0v) is 5.84. The van der Waals surface area contributed by atoms with Crippen LogP contribution in [0.4, 0.5) is 17.6 Å². The van der Waals surface area contributed by atoms with Gasteiger partial charge in [0, 0.05) is 0 Å². The van der Waals surface area contributed by atoms with Gasteiger partial charge in [0.25, 0.3) is 0 Å². The van der Waals surface area contributed by atoms with Crippen molar-refractivity contribution in [1.29, 1.82) is 0 Å². The third-order valence-electron chi connectivity index (χ3n) is 0.500. The van der Waals surface area contributed by atoms with Gasteiger partial charge in [-0.1, -0.05) is 23.2 Å². The minimum atomic E-state index is -4.58. The van der Waals surface area contributed by atoms with Gasteiger partial charge in [-0.2, -0.15) is 8.78 Å². The molecule has 0 saturated heterocycles. The van der Waals surface area contributed by atoms with Crippen LogP contribution in [0.15, 0.2) is 0 Å². The van der Waals surface area contributed by atoms with Crippen LogP contribution in [0.25, 0.3) is 0 Å². The molecule has 0 aromatic rings. The first-order valence-corrected chi connectivity index (χ1v) is 2.85. The first-order chi connectivity index (χ1) is 4.36. The molecule has 0 aliphatic rings. The normalized spacial score (nSPS) is 13.2. The summed E-state index contributed by atoms with van der Waals surface area (Å²) in [5.74, 6) is 0. The zero-order chi connectivity index (χ0) is 8.36. The van der Waals surface area contributed by atoms with E-state index in [2.05, 4.69) is 27.9 Å². The molecule has 0 aromatic heterocycles. The van der Waals surface area contributed by atoms with Crippen molar-refractivity contribution >= 4 is 23.2 Å². The minimum Gasteiger partial charge on any atom is -0.282 e. The van der Waals surface area contributed by atoms with Crippen molar-refractivity contribution in [3.63, 3.8) is 0 Å². The van der Waals surface area contributed by atoms with E-state index in [0.717, 1.165) is 0 Å². The molecule has 0 spiro atoms. The molecule has 0 bridgehead atoms. The van der Waals surface area contributed by atoms with Crippen molar-refractivity contribution in [3.05, 3.63) is 0 Å². The Morgan fingerprint density at radius 1 is 1.20 bits per heavy atom. The molecule has 0 unspecified atom stereocenters. The van der Waals surface area contributed by atoms with Gasteiger partial charge in [-0.05, 0) is 0 Å². The van der Waals surface area contributed by atoms with Crippen LogP contribution in [0.2, 0.25) is 0 Å². The Kier molecular flexibility index (Phi) is 3.69. The second kappa shape index (κ2) is 3.59. The smallest absolute Gasteiger partial charge is 0.282 e. The van der Waals surface area contributed by atoms with Gasteiger partial charge in [0.15, 0.2) is 0 Å². The molecular weight excluding hydrogens is 199 g/mol. The number of alkyl halides is 6. The van der Waals surface area contributed by atoms with Crippen LogP contribution in [-0.4, -0.2) is 17.6 Å². The summed E-state index contributed by atoms with van der Waals surface area (Å²) in [5.41, 5.74) is 0. The summed E-state index contributed by atoms with van der Waals surface area (Å²) in [4.78, 5) is 0. The third-order valence-corrected chi connectivity index (χ3v) is 0.678. The average Bonchev–Trinajstić information content (AvgIpc) is 1.60. The van der Waals surface area contributed by atoms with Crippen molar-refractivity contribution in [2.75, 3.05) is 0 Å². The average molecular weight is 201 g/mol. The number of rotatable bonds is 3. The predicted octanol–water partition coefficient (Wildman–Crippen LogP) is 2.62. The predicted molar refractivity (Wildman–Crippen MR) is 27.5 cm³/mol. The van der Waals surface area contributed by atoms with Crippen molar-refractivity contribution in [3.8, 4) is 0 Å². The van der Waals surface area contributed by atoms with Crippen LogP contribution in [-0.2, 0) is 4.74 Å². The van der Waals surface area contributed by atoms with Crippen molar-refractivity contribution in [1.82, 2.24) is 0 Å². The lowest BCUT2D eigenvalue weighted by molar-refractivity contribution is -0.298. The van der Waals surface area contributed by atoms with E-state index >= 15 is 0 Å². The van der Waals surface area contributed by atoms with Gasteiger partial charge >= 0.3 is 12.5 Å². The van der Waals surface area contributed by atoms with E-state index in [0.29, 0.717) is 0 Å². The van der Waals surface area contributed by atoms with Gasteiger partial charge in [-0.3, -0.25) is 4.74 Å². The summed E-state index contributed by atoms with van der Waals surface area (Å²) >= 11 is 9.27. The zero-order valence-electron chi connectivity index (χ0n) is 4.33. The van der Waals surface area contributed by atoms with Crippen LogP contribution >= 0.6 is 23.2 Å². The van der Waals surface area contributed by atoms with E-state index < -0.39 is 17.6 Å². The van der Waals surface area contributed by atoms with E-state index in [4.69, 9.17) is 0 Å². The Hall–Kier alpha value is 0.260. The molecule has 62 valence electrons. The summed E-state index contributed by atoms with van der Waals surface area (Å²) < 4.78 is 48.8. The molecule has 0 N–H and O–H groups in total. The Morgan fingerprint density at radius 3 is 1.70 bits per heavy atom. The van der Waals surface area contributed by atoms with Crippen LogP contribution in [0.3, 0.4) is 0 Å². The van der Waals surface area contributed by atoms with Gasteiger partial charge < -0.3 is 0 Å². The molecule has 1 nitrogen and oxygen atoms in total. The summed E-state index contributed by atoms with van der Waals surface area (Å²) in [6.07, 6.45) is -8.50. The Labute approximate surface area is 63.9 Å². The topological polar surface area (TPSA) is 9.23 Å². The number of hydrogen-bond donors (Lipinski definition) is 0. The SMILES string of the molecule is FC(F)C(F)(F)OC(Cl)Cl. The number of hydrogen-bond acceptors (Lipinski definition) is 1. The Morgan fingerprint density at radius 2 is 1.60 bits per heavy atom. The molecule has 0 aliphatic carbocycles. The lowest BCUT2D eigenvalue weighted by Gasteiger charge is -2.15. The van der Waals surface area contributed by atoms with Crippen molar-refractivity contribution in [2.24, 2.45) is 0 Å².